The van der Waals surface area contributed by atoms with Crippen molar-refractivity contribution in [1.82, 2.24) is 19.5 Å². The minimum atomic E-state index is 0.875. The lowest BCUT2D eigenvalue weighted by Crippen LogP contribution is -2.00. The van der Waals surface area contributed by atoms with Crippen molar-refractivity contribution < 1.29 is 0 Å². The van der Waals surface area contributed by atoms with Crippen LogP contribution in [0.4, 0.5) is 0 Å². The lowest BCUT2D eigenvalue weighted by Gasteiger charge is -2.12. The summed E-state index contributed by atoms with van der Waals surface area (Å²) in [7, 11) is 0. The molecule has 0 unspecified atom stereocenters. The second-order valence-electron chi connectivity index (χ2n) is 7.96. The van der Waals surface area contributed by atoms with E-state index in [0.717, 1.165) is 39.2 Å². The van der Waals surface area contributed by atoms with E-state index in [2.05, 4.69) is 82.1 Å². The third kappa shape index (κ3) is 3.05. The van der Waals surface area contributed by atoms with Crippen molar-refractivity contribution in [2.24, 2.45) is 0 Å². The minimum absolute atomic E-state index is 0.875. The third-order valence-electron chi connectivity index (χ3n) is 5.82. The average molecular weight is 412 g/mol. The fraction of sp³-hybridized carbons (Fsp3) is 0.0357. The molecule has 0 aliphatic carbocycles. The SMILES string of the molecule is Cc1ccc2c(c1)c1ccccc1n2-c1cc(-c2cccnc2)cc(-c2cccnc2)n1. The van der Waals surface area contributed by atoms with Crippen molar-refractivity contribution in [3.8, 4) is 28.2 Å². The number of nitrogens with zero attached hydrogens (tertiary/aromatic N) is 4. The predicted molar refractivity (Wildman–Crippen MR) is 130 cm³/mol. The molecule has 0 bridgehead atoms. The van der Waals surface area contributed by atoms with E-state index in [-0.39, 0.29) is 0 Å². The van der Waals surface area contributed by atoms with Crippen LogP contribution in [0.2, 0.25) is 0 Å². The highest BCUT2D eigenvalue weighted by atomic mass is 15.1. The van der Waals surface area contributed by atoms with Gasteiger partial charge in [-0.05, 0) is 61.0 Å². The van der Waals surface area contributed by atoms with Crippen molar-refractivity contribution >= 4 is 21.8 Å². The number of pyridine rings is 3. The van der Waals surface area contributed by atoms with Gasteiger partial charge in [0.25, 0.3) is 0 Å². The molecule has 0 saturated heterocycles. The second kappa shape index (κ2) is 7.43. The summed E-state index contributed by atoms with van der Waals surface area (Å²) >= 11 is 0. The van der Waals surface area contributed by atoms with E-state index >= 15 is 0 Å². The number of benzene rings is 2. The van der Waals surface area contributed by atoms with E-state index in [1.807, 2.05) is 30.6 Å². The maximum atomic E-state index is 5.10. The molecule has 2 aromatic carbocycles. The van der Waals surface area contributed by atoms with E-state index < -0.39 is 0 Å². The van der Waals surface area contributed by atoms with E-state index in [1.165, 1.54) is 16.3 Å². The van der Waals surface area contributed by atoms with Gasteiger partial charge in [0.1, 0.15) is 5.82 Å². The zero-order valence-corrected chi connectivity index (χ0v) is 17.6. The number of rotatable bonds is 3. The van der Waals surface area contributed by atoms with Gasteiger partial charge in [-0.25, -0.2) is 4.98 Å². The summed E-state index contributed by atoms with van der Waals surface area (Å²) in [5.41, 5.74) is 7.51. The van der Waals surface area contributed by atoms with E-state index in [1.54, 1.807) is 12.4 Å². The summed E-state index contributed by atoms with van der Waals surface area (Å²) in [5, 5.41) is 2.46. The zero-order chi connectivity index (χ0) is 21.5. The molecule has 152 valence electrons. The highest BCUT2D eigenvalue weighted by Gasteiger charge is 2.15. The number of para-hydroxylation sites is 1. The number of aryl methyl sites for hydroxylation is 1. The molecule has 0 radical (unpaired) electrons. The molecular formula is C28H20N4. The molecule has 0 amide bonds. The Balaban J connectivity index is 1.70. The molecular weight excluding hydrogens is 392 g/mol. The number of hydrogen-bond donors (Lipinski definition) is 0. The molecule has 0 N–H and O–H groups in total. The Morgan fingerprint density at radius 2 is 1.38 bits per heavy atom. The topological polar surface area (TPSA) is 43.6 Å². The van der Waals surface area contributed by atoms with Crippen LogP contribution in [0, 0.1) is 6.92 Å². The van der Waals surface area contributed by atoms with Crippen molar-refractivity contribution in [2.45, 2.75) is 6.92 Å². The van der Waals surface area contributed by atoms with E-state index in [4.69, 9.17) is 4.98 Å². The van der Waals surface area contributed by atoms with Gasteiger partial charge in [0.2, 0.25) is 0 Å². The largest absolute Gasteiger partial charge is 0.294 e. The molecule has 0 spiro atoms. The van der Waals surface area contributed by atoms with Crippen molar-refractivity contribution in [3.05, 3.63) is 109 Å². The number of hydrogen-bond acceptors (Lipinski definition) is 3. The van der Waals surface area contributed by atoms with Gasteiger partial charge in [-0.1, -0.05) is 35.9 Å². The summed E-state index contributed by atoms with van der Waals surface area (Å²) in [4.78, 5) is 13.7. The Bertz CT molecular complexity index is 1510. The monoisotopic (exact) mass is 412 g/mol. The Kier molecular flexibility index (Phi) is 4.29. The van der Waals surface area contributed by atoms with Crippen LogP contribution in [0.1, 0.15) is 5.56 Å². The van der Waals surface area contributed by atoms with Gasteiger partial charge in [0.15, 0.2) is 0 Å². The van der Waals surface area contributed by atoms with Gasteiger partial charge in [-0.3, -0.25) is 14.5 Å². The lowest BCUT2D eigenvalue weighted by atomic mass is 10.1. The molecule has 4 heteroatoms. The van der Waals surface area contributed by atoms with Gasteiger partial charge in [-0.2, -0.15) is 0 Å². The Morgan fingerprint density at radius 3 is 2.16 bits per heavy atom. The first-order valence-corrected chi connectivity index (χ1v) is 10.6. The van der Waals surface area contributed by atoms with Crippen LogP contribution in [0.15, 0.2) is 104 Å². The first-order valence-electron chi connectivity index (χ1n) is 10.6. The van der Waals surface area contributed by atoms with Crippen LogP contribution in [-0.2, 0) is 0 Å². The maximum absolute atomic E-state index is 5.10. The van der Waals surface area contributed by atoms with E-state index in [0.29, 0.717) is 0 Å². The first kappa shape index (κ1) is 18.5. The summed E-state index contributed by atoms with van der Waals surface area (Å²) in [5.74, 6) is 0.875. The third-order valence-corrected chi connectivity index (χ3v) is 5.82. The summed E-state index contributed by atoms with van der Waals surface area (Å²) in [6.45, 7) is 2.13. The van der Waals surface area contributed by atoms with Crippen molar-refractivity contribution in [3.63, 3.8) is 0 Å². The molecule has 0 aliphatic rings. The van der Waals surface area contributed by atoms with Gasteiger partial charge in [-0.15, -0.1) is 0 Å². The molecule has 0 aliphatic heterocycles. The van der Waals surface area contributed by atoms with Crippen molar-refractivity contribution in [2.75, 3.05) is 0 Å². The van der Waals surface area contributed by atoms with Crippen molar-refractivity contribution in [1.29, 1.82) is 0 Å². The molecule has 4 nitrogen and oxygen atoms in total. The molecule has 6 rings (SSSR count). The maximum Gasteiger partial charge on any atom is 0.138 e. The summed E-state index contributed by atoms with van der Waals surface area (Å²) < 4.78 is 2.25. The number of aromatic nitrogens is 4. The Hall–Kier alpha value is -4.31. The van der Waals surface area contributed by atoms with Gasteiger partial charge in [0.05, 0.1) is 16.7 Å². The van der Waals surface area contributed by atoms with Gasteiger partial charge >= 0.3 is 0 Å². The number of fused-ring (bicyclic) bond motifs is 3. The second-order valence-corrected chi connectivity index (χ2v) is 7.96. The molecule has 0 saturated carbocycles. The predicted octanol–water partition coefficient (Wildman–Crippen LogP) is 6.61. The summed E-state index contributed by atoms with van der Waals surface area (Å²) in [6.07, 6.45) is 7.32. The Labute approximate surface area is 185 Å². The van der Waals surface area contributed by atoms with Crippen LogP contribution < -0.4 is 0 Å². The lowest BCUT2D eigenvalue weighted by molar-refractivity contribution is 1.08. The molecule has 32 heavy (non-hydrogen) atoms. The zero-order valence-electron chi connectivity index (χ0n) is 17.6. The molecule has 4 heterocycles. The van der Waals surface area contributed by atoms with E-state index in [9.17, 15) is 0 Å². The van der Waals surface area contributed by atoms with Crippen LogP contribution in [0.25, 0.3) is 50.0 Å². The van der Waals surface area contributed by atoms with Gasteiger partial charge < -0.3 is 0 Å². The standard InChI is InChI=1S/C28H20N4/c1-19-10-11-27-24(14-19)23-8-2-3-9-26(23)32(27)28-16-22(20-6-4-12-29-17-20)15-25(31-28)21-7-5-13-30-18-21/h2-18H,1H3. The van der Waals surface area contributed by atoms with Crippen LogP contribution >= 0.6 is 0 Å². The molecule has 6 aromatic rings. The summed E-state index contributed by atoms with van der Waals surface area (Å²) in [6, 6.07) is 27.4. The average Bonchev–Trinajstić information content (AvgIpc) is 3.18. The smallest absolute Gasteiger partial charge is 0.138 e. The molecule has 0 fully saturated rings. The highest BCUT2D eigenvalue weighted by molar-refractivity contribution is 6.09. The van der Waals surface area contributed by atoms with Crippen LogP contribution in [0.5, 0.6) is 0 Å². The minimum Gasteiger partial charge on any atom is -0.294 e. The first-order chi connectivity index (χ1) is 15.8. The Morgan fingerprint density at radius 1 is 0.625 bits per heavy atom. The molecule has 4 aromatic heterocycles. The molecule has 0 atom stereocenters. The fourth-order valence-electron chi connectivity index (χ4n) is 4.33. The highest BCUT2D eigenvalue weighted by Crippen LogP contribution is 2.34. The van der Waals surface area contributed by atoms with Crippen LogP contribution in [0.3, 0.4) is 0 Å². The fourth-order valence-corrected chi connectivity index (χ4v) is 4.33. The van der Waals surface area contributed by atoms with Gasteiger partial charge in [0, 0.05) is 46.7 Å². The normalized spacial score (nSPS) is 11.3. The quantitative estimate of drug-likeness (QED) is 0.328. The van der Waals surface area contributed by atoms with Crippen LogP contribution in [-0.4, -0.2) is 19.5 Å².